The third kappa shape index (κ3) is 3.55. The molecule has 4 rings (SSSR count). The standard InChI is InChI=1S/C20H29N5O/c1-3-25-18(6-9-22-25)20(26)23-10-7-16(8-11-23)12-19-21-13-15(2)24(19)14-17-4-5-17/h6,9,13,16-17H,3-5,7-8,10-12,14H2,1-2H3. The summed E-state index contributed by atoms with van der Waals surface area (Å²) in [5.74, 6) is 2.84. The number of carbonyl (C=O) groups excluding carboxylic acids is 1. The highest BCUT2D eigenvalue weighted by Gasteiger charge is 2.28. The van der Waals surface area contributed by atoms with Gasteiger partial charge in [0.2, 0.25) is 0 Å². The van der Waals surface area contributed by atoms with Crippen LogP contribution in [0.3, 0.4) is 0 Å². The van der Waals surface area contributed by atoms with E-state index in [1.807, 2.05) is 24.1 Å². The Morgan fingerprint density at radius 2 is 1.96 bits per heavy atom. The van der Waals surface area contributed by atoms with Crippen LogP contribution in [0.15, 0.2) is 18.5 Å². The minimum Gasteiger partial charge on any atom is -0.337 e. The van der Waals surface area contributed by atoms with Crippen molar-refractivity contribution in [2.45, 2.75) is 59.0 Å². The predicted octanol–water partition coefficient (Wildman–Crippen LogP) is 2.91. The normalized spacial score (nSPS) is 18.5. The van der Waals surface area contributed by atoms with E-state index in [2.05, 4.69) is 21.6 Å². The lowest BCUT2D eigenvalue weighted by atomic mass is 9.93. The summed E-state index contributed by atoms with van der Waals surface area (Å²) in [7, 11) is 0. The summed E-state index contributed by atoms with van der Waals surface area (Å²) in [5, 5.41) is 4.22. The number of amides is 1. The second-order valence-electron chi connectivity index (χ2n) is 7.84. The maximum atomic E-state index is 12.7. The maximum Gasteiger partial charge on any atom is 0.272 e. The lowest BCUT2D eigenvalue weighted by Crippen LogP contribution is -2.40. The van der Waals surface area contributed by atoms with Gasteiger partial charge in [0.1, 0.15) is 11.5 Å². The third-order valence-corrected chi connectivity index (χ3v) is 5.88. The van der Waals surface area contributed by atoms with Crippen LogP contribution in [-0.2, 0) is 19.5 Å². The molecule has 0 unspecified atom stereocenters. The van der Waals surface area contributed by atoms with Gasteiger partial charge >= 0.3 is 0 Å². The summed E-state index contributed by atoms with van der Waals surface area (Å²) in [6.07, 6.45) is 9.61. The Hall–Kier alpha value is -2.11. The summed E-state index contributed by atoms with van der Waals surface area (Å²) in [6.45, 7) is 7.72. The average molecular weight is 355 g/mol. The molecule has 2 fully saturated rings. The number of rotatable bonds is 6. The van der Waals surface area contributed by atoms with Crippen molar-refractivity contribution in [2.24, 2.45) is 11.8 Å². The zero-order valence-electron chi connectivity index (χ0n) is 15.9. The van der Waals surface area contributed by atoms with Gasteiger partial charge in [-0.25, -0.2) is 4.98 Å². The molecule has 0 aromatic carbocycles. The highest BCUT2D eigenvalue weighted by atomic mass is 16.2. The third-order valence-electron chi connectivity index (χ3n) is 5.88. The van der Waals surface area contributed by atoms with Gasteiger partial charge in [-0.1, -0.05) is 0 Å². The number of imidazole rings is 1. The summed E-state index contributed by atoms with van der Waals surface area (Å²) >= 11 is 0. The van der Waals surface area contributed by atoms with Crippen LogP contribution in [0.4, 0.5) is 0 Å². The molecular weight excluding hydrogens is 326 g/mol. The van der Waals surface area contributed by atoms with E-state index in [0.29, 0.717) is 11.6 Å². The van der Waals surface area contributed by atoms with Crippen LogP contribution in [0.1, 0.15) is 54.6 Å². The molecule has 1 saturated heterocycles. The maximum absolute atomic E-state index is 12.7. The van der Waals surface area contributed by atoms with Crippen molar-refractivity contribution in [1.29, 1.82) is 0 Å². The monoisotopic (exact) mass is 355 g/mol. The fraction of sp³-hybridized carbons (Fsp3) is 0.650. The zero-order valence-corrected chi connectivity index (χ0v) is 15.9. The van der Waals surface area contributed by atoms with Crippen LogP contribution in [-0.4, -0.2) is 43.2 Å². The van der Waals surface area contributed by atoms with E-state index >= 15 is 0 Å². The van der Waals surface area contributed by atoms with Gasteiger partial charge in [0.25, 0.3) is 5.91 Å². The second kappa shape index (κ2) is 7.25. The molecule has 0 spiro atoms. The van der Waals surface area contributed by atoms with Crippen LogP contribution >= 0.6 is 0 Å². The number of likely N-dealkylation sites (tertiary alicyclic amines) is 1. The fourth-order valence-electron chi connectivity index (χ4n) is 4.01. The smallest absolute Gasteiger partial charge is 0.272 e. The molecule has 6 nitrogen and oxygen atoms in total. The first-order valence-electron chi connectivity index (χ1n) is 9.97. The molecule has 1 aliphatic heterocycles. The predicted molar refractivity (Wildman–Crippen MR) is 99.9 cm³/mol. The van der Waals surface area contributed by atoms with Gasteiger partial charge in [-0.3, -0.25) is 9.48 Å². The number of aryl methyl sites for hydroxylation is 2. The van der Waals surface area contributed by atoms with E-state index in [-0.39, 0.29) is 5.91 Å². The molecule has 2 aromatic heterocycles. The topological polar surface area (TPSA) is 56.0 Å². The molecule has 0 radical (unpaired) electrons. The van der Waals surface area contributed by atoms with Crippen molar-refractivity contribution in [3.05, 3.63) is 35.7 Å². The highest BCUT2D eigenvalue weighted by molar-refractivity contribution is 5.92. The Kier molecular flexibility index (Phi) is 4.83. The first-order valence-corrected chi connectivity index (χ1v) is 9.97. The molecule has 26 heavy (non-hydrogen) atoms. The van der Waals surface area contributed by atoms with Crippen molar-refractivity contribution in [3.63, 3.8) is 0 Å². The fourth-order valence-corrected chi connectivity index (χ4v) is 4.01. The lowest BCUT2D eigenvalue weighted by molar-refractivity contribution is 0.0677. The van der Waals surface area contributed by atoms with Gasteiger partial charge < -0.3 is 9.47 Å². The Morgan fingerprint density at radius 3 is 2.65 bits per heavy atom. The molecule has 0 atom stereocenters. The minimum atomic E-state index is 0.119. The molecule has 1 aliphatic carbocycles. The van der Waals surface area contributed by atoms with Crippen LogP contribution in [0, 0.1) is 18.8 Å². The number of hydrogen-bond donors (Lipinski definition) is 0. The lowest BCUT2D eigenvalue weighted by Gasteiger charge is -2.32. The van der Waals surface area contributed by atoms with Crippen molar-refractivity contribution in [1.82, 2.24) is 24.2 Å². The molecule has 0 N–H and O–H groups in total. The molecule has 0 bridgehead atoms. The Bertz CT molecular complexity index is 765. The van der Waals surface area contributed by atoms with Gasteiger partial charge in [-0.15, -0.1) is 0 Å². The molecule has 2 aliphatic rings. The van der Waals surface area contributed by atoms with E-state index < -0.39 is 0 Å². The molecule has 6 heteroatoms. The Balaban J connectivity index is 1.35. The van der Waals surface area contributed by atoms with Gasteiger partial charge in [0, 0.05) is 50.7 Å². The first-order chi connectivity index (χ1) is 12.7. The number of carbonyl (C=O) groups is 1. The first kappa shape index (κ1) is 17.3. The Morgan fingerprint density at radius 1 is 1.19 bits per heavy atom. The van der Waals surface area contributed by atoms with Crippen LogP contribution < -0.4 is 0 Å². The van der Waals surface area contributed by atoms with E-state index in [1.54, 1.807) is 10.9 Å². The van der Waals surface area contributed by atoms with Crippen molar-refractivity contribution < 1.29 is 4.79 Å². The quantitative estimate of drug-likeness (QED) is 0.800. The number of nitrogens with zero attached hydrogens (tertiary/aromatic N) is 5. The molecular formula is C20H29N5O. The van der Waals surface area contributed by atoms with Crippen LogP contribution in [0.5, 0.6) is 0 Å². The largest absolute Gasteiger partial charge is 0.337 e. The van der Waals surface area contributed by atoms with E-state index in [0.717, 1.165) is 51.4 Å². The van der Waals surface area contributed by atoms with Gasteiger partial charge in [0.15, 0.2) is 0 Å². The van der Waals surface area contributed by atoms with Crippen LogP contribution in [0.2, 0.25) is 0 Å². The van der Waals surface area contributed by atoms with E-state index in [9.17, 15) is 4.79 Å². The summed E-state index contributed by atoms with van der Waals surface area (Å²) < 4.78 is 4.21. The summed E-state index contributed by atoms with van der Waals surface area (Å²) in [5.41, 5.74) is 1.99. The van der Waals surface area contributed by atoms with Crippen molar-refractivity contribution in [3.8, 4) is 0 Å². The minimum absolute atomic E-state index is 0.119. The Labute approximate surface area is 155 Å². The summed E-state index contributed by atoms with van der Waals surface area (Å²) in [4.78, 5) is 19.4. The van der Waals surface area contributed by atoms with Gasteiger partial charge in [-0.2, -0.15) is 5.10 Å². The van der Waals surface area contributed by atoms with Crippen molar-refractivity contribution >= 4 is 5.91 Å². The summed E-state index contributed by atoms with van der Waals surface area (Å²) in [6, 6.07) is 1.83. The molecule has 140 valence electrons. The molecule has 1 amide bonds. The average Bonchev–Trinajstić information content (AvgIpc) is 3.25. The number of hydrogen-bond acceptors (Lipinski definition) is 3. The number of piperidine rings is 1. The van der Waals surface area contributed by atoms with Crippen LogP contribution in [0.25, 0.3) is 0 Å². The van der Waals surface area contributed by atoms with Gasteiger partial charge in [-0.05, 0) is 57.4 Å². The zero-order chi connectivity index (χ0) is 18.1. The van der Waals surface area contributed by atoms with E-state index in [4.69, 9.17) is 0 Å². The number of aromatic nitrogens is 4. The highest BCUT2D eigenvalue weighted by Crippen LogP contribution is 2.32. The van der Waals surface area contributed by atoms with E-state index in [1.165, 1.54) is 24.4 Å². The molecule has 1 saturated carbocycles. The molecule has 2 aromatic rings. The second-order valence-corrected chi connectivity index (χ2v) is 7.84. The van der Waals surface area contributed by atoms with Gasteiger partial charge in [0.05, 0.1) is 0 Å². The van der Waals surface area contributed by atoms with Crippen molar-refractivity contribution in [2.75, 3.05) is 13.1 Å². The molecule has 3 heterocycles. The SMILES string of the molecule is CCn1nccc1C(=O)N1CCC(Cc2ncc(C)n2CC2CC2)CC1.